The van der Waals surface area contributed by atoms with Crippen LogP contribution in [0.25, 0.3) is 0 Å². The molecule has 0 aromatic rings. The van der Waals surface area contributed by atoms with Crippen LogP contribution in [-0.4, -0.2) is 59.3 Å². The summed E-state index contributed by atoms with van der Waals surface area (Å²) in [6.45, 7) is 1.98. The van der Waals surface area contributed by atoms with Crippen molar-refractivity contribution in [1.29, 1.82) is 0 Å². The summed E-state index contributed by atoms with van der Waals surface area (Å²) in [6.07, 6.45) is -1.79. The fraction of sp³-hybridized carbons (Fsp3) is 1.00. The predicted octanol–water partition coefficient (Wildman–Crippen LogP) is 0.750. The quantitative estimate of drug-likeness (QED) is 0.572. The molecule has 1 heterocycles. The minimum absolute atomic E-state index is 0.343. The van der Waals surface area contributed by atoms with Gasteiger partial charge in [0, 0.05) is 6.61 Å². The van der Waals surface area contributed by atoms with Gasteiger partial charge < -0.3 is 24.8 Å². The van der Waals surface area contributed by atoms with E-state index in [1.54, 1.807) is 0 Å². The van der Waals surface area contributed by atoms with Gasteiger partial charge in [0.1, 0.15) is 18.3 Å². The summed E-state index contributed by atoms with van der Waals surface area (Å²) in [5, 5.41) is 27.9. The summed E-state index contributed by atoms with van der Waals surface area (Å²) in [6, 6.07) is 0. The molecule has 0 bridgehead atoms. The summed E-state index contributed by atoms with van der Waals surface area (Å²) >= 11 is 0. The lowest BCUT2D eigenvalue weighted by atomic mass is 10.0. The standard InChI is InChI=1S/C13H25FO5/c1-2-3-4-5-6-7-18-13-10(14)12(17)11(16)9(8-15)19-13/h9-13,15-17H,2-8H2,1H3/t9-,10+,11-,12-,13+/m1/s1. The van der Waals surface area contributed by atoms with E-state index in [1.807, 2.05) is 0 Å². The normalized spacial score (nSPS) is 35.5. The molecule has 1 rings (SSSR count). The third-order valence-corrected chi connectivity index (χ3v) is 3.34. The van der Waals surface area contributed by atoms with Crippen LogP contribution in [0, 0.1) is 0 Å². The molecule has 19 heavy (non-hydrogen) atoms. The van der Waals surface area contributed by atoms with Crippen LogP contribution >= 0.6 is 0 Å². The van der Waals surface area contributed by atoms with Crippen LogP contribution < -0.4 is 0 Å². The number of hydrogen-bond acceptors (Lipinski definition) is 5. The Hall–Kier alpha value is -0.270. The third-order valence-electron chi connectivity index (χ3n) is 3.34. The number of unbranched alkanes of at least 4 members (excludes halogenated alkanes) is 4. The highest BCUT2D eigenvalue weighted by atomic mass is 19.1. The summed E-state index contributed by atoms with van der Waals surface area (Å²) < 4.78 is 24.0. The number of ether oxygens (including phenoxy) is 2. The highest BCUT2D eigenvalue weighted by Gasteiger charge is 2.45. The first-order chi connectivity index (χ1) is 9.11. The van der Waals surface area contributed by atoms with E-state index in [0.29, 0.717) is 6.61 Å². The second-order valence-corrected chi connectivity index (χ2v) is 4.94. The Kier molecular flexibility index (Phi) is 7.78. The highest BCUT2D eigenvalue weighted by molar-refractivity contribution is 4.89. The topological polar surface area (TPSA) is 79.2 Å². The van der Waals surface area contributed by atoms with Crippen molar-refractivity contribution in [1.82, 2.24) is 0 Å². The van der Waals surface area contributed by atoms with Gasteiger partial charge in [-0.3, -0.25) is 0 Å². The third kappa shape index (κ3) is 4.96. The van der Waals surface area contributed by atoms with Gasteiger partial charge in [-0.25, -0.2) is 4.39 Å². The van der Waals surface area contributed by atoms with Gasteiger partial charge in [-0.1, -0.05) is 32.6 Å². The largest absolute Gasteiger partial charge is 0.394 e. The van der Waals surface area contributed by atoms with E-state index in [9.17, 15) is 14.6 Å². The molecule has 0 unspecified atom stereocenters. The van der Waals surface area contributed by atoms with Crippen molar-refractivity contribution >= 4 is 0 Å². The van der Waals surface area contributed by atoms with Gasteiger partial charge in [-0.05, 0) is 6.42 Å². The molecule has 1 saturated heterocycles. The van der Waals surface area contributed by atoms with Crippen LogP contribution in [0.5, 0.6) is 0 Å². The van der Waals surface area contributed by atoms with E-state index >= 15 is 0 Å². The molecule has 1 aliphatic heterocycles. The first-order valence-electron chi connectivity index (χ1n) is 7.00. The van der Waals surface area contributed by atoms with Crippen molar-refractivity contribution in [3.63, 3.8) is 0 Å². The van der Waals surface area contributed by atoms with Gasteiger partial charge >= 0.3 is 0 Å². The second kappa shape index (κ2) is 8.81. The van der Waals surface area contributed by atoms with Gasteiger partial charge in [-0.2, -0.15) is 0 Å². The van der Waals surface area contributed by atoms with Gasteiger partial charge in [0.05, 0.1) is 6.61 Å². The molecule has 6 heteroatoms. The molecular weight excluding hydrogens is 255 g/mol. The molecule has 0 aromatic carbocycles. The Morgan fingerprint density at radius 1 is 1.11 bits per heavy atom. The lowest BCUT2D eigenvalue weighted by Crippen LogP contribution is -2.57. The molecule has 0 saturated carbocycles. The predicted molar refractivity (Wildman–Crippen MR) is 67.4 cm³/mol. The summed E-state index contributed by atoms with van der Waals surface area (Å²) in [5.74, 6) is 0. The number of rotatable bonds is 8. The summed E-state index contributed by atoms with van der Waals surface area (Å²) in [5.41, 5.74) is 0. The molecule has 1 fully saturated rings. The molecule has 1 aliphatic rings. The summed E-state index contributed by atoms with van der Waals surface area (Å²) in [4.78, 5) is 0. The molecule has 114 valence electrons. The van der Waals surface area contributed by atoms with Gasteiger partial charge in [-0.15, -0.1) is 0 Å². The zero-order chi connectivity index (χ0) is 14.3. The van der Waals surface area contributed by atoms with Crippen molar-refractivity contribution in [3.05, 3.63) is 0 Å². The van der Waals surface area contributed by atoms with Crippen molar-refractivity contribution in [2.45, 2.75) is 69.8 Å². The molecule has 0 amide bonds. The minimum Gasteiger partial charge on any atom is -0.394 e. The first-order valence-corrected chi connectivity index (χ1v) is 7.00. The van der Waals surface area contributed by atoms with Crippen molar-refractivity contribution in [2.24, 2.45) is 0 Å². The number of halogens is 1. The van der Waals surface area contributed by atoms with Crippen LogP contribution in [0.2, 0.25) is 0 Å². The van der Waals surface area contributed by atoms with E-state index in [4.69, 9.17) is 14.6 Å². The number of alkyl halides is 1. The zero-order valence-electron chi connectivity index (χ0n) is 11.4. The fourth-order valence-corrected chi connectivity index (χ4v) is 2.08. The van der Waals surface area contributed by atoms with E-state index < -0.39 is 37.4 Å². The van der Waals surface area contributed by atoms with Crippen molar-refractivity contribution in [2.75, 3.05) is 13.2 Å². The van der Waals surface area contributed by atoms with Crippen molar-refractivity contribution < 1.29 is 29.2 Å². The maximum absolute atomic E-state index is 13.7. The van der Waals surface area contributed by atoms with E-state index in [-0.39, 0.29) is 0 Å². The van der Waals surface area contributed by atoms with Crippen molar-refractivity contribution in [3.8, 4) is 0 Å². The Bertz CT molecular complexity index is 239. The fourth-order valence-electron chi connectivity index (χ4n) is 2.08. The number of aliphatic hydroxyl groups is 3. The minimum atomic E-state index is -1.80. The maximum Gasteiger partial charge on any atom is 0.191 e. The van der Waals surface area contributed by atoms with Crippen LogP contribution in [0.15, 0.2) is 0 Å². The lowest BCUT2D eigenvalue weighted by Gasteiger charge is -2.38. The van der Waals surface area contributed by atoms with E-state index in [0.717, 1.165) is 25.7 Å². The second-order valence-electron chi connectivity index (χ2n) is 4.94. The lowest BCUT2D eigenvalue weighted by molar-refractivity contribution is -0.286. The molecule has 5 atom stereocenters. The molecule has 0 aliphatic carbocycles. The molecule has 0 spiro atoms. The van der Waals surface area contributed by atoms with E-state index in [2.05, 4.69) is 6.92 Å². The molecule has 0 radical (unpaired) electrons. The van der Waals surface area contributed by atoms with Gasteiger partial charge in [0.25, 0.3) is 0 Å². The van der Waals surface area contributed by atoms with Gasteiger partial charge in [0.2, 0.25) is 0 Å². The van der Waals surface area contributed by atoms with Crippen LogP contribution in [0.1, 0.15) is 39.0 Å². The van der Waals surface area contributed by atoms with Crippen LogP contribution in [-0.2, 0) is 9.47 Å². The smallest absolute Gasteiger partial charge is 0.191 e. The molecule has 0 aromatic heterocycles. The average Bonchev–Trinajstić information content (AvgIpc) is 2.42. The number of hydrogen-bond donors (Lipinski definition) is 3. The average molecular weight is 280 g/mol. The highest BCUT2D eigenvalue weighted by Crippen LogP contribution is 2.24. The Labute approximate surface area is 113 Å². The molecule has 3 N–H and O–H groups in total. The summed E-state index contributed by atoms with van der Waals surface area (Å²) in [7, 11) is 0. The van der Waals surface area contributed by atoms with E-state index in [1.165, 1.54) is 6.42 Å². The first kappa shape index (κ1) is 16.8. The monoisotopic (exact) mass is 280 g/mol. The van der Waals surface area contributed by atoms with Gasteiger partial charge in [0.15, 0.2) is 12.5 Å². The Morgan fingerprint density at radius 2 is 1.79 bits per heavy atom. The van der Waals surface area contributed by atoms with Crippen LogP contribution in [0.4, 0.5) is 4.39 Å². The Balaban J connectivity index is 2.28. The molecule has 5 nitrogen and oxygen atoms in total. The van der Waals surface area contributed by atoms with Crippen LogP contribution in [0.3, 0.4) is 0 Å². The maximum atomic E-state index is 13.7. The SMILES string of the molecule is CCCCCCCO[C@H]1O[C@H](CO)[C@@H](O)[C@H](O)[C@@H]1F. The number of aliphatic hydroxyl groups excluding tert-OH is 3. The molecular formula is C13H25FO5. The zero-order valence-corrected chi connectivity index (χ0v) is 11.4. The Morgan fingerprint density at radius 3 is 2.42 bits per heavy atom.